The van der Waals surface area contributed by atoms with Crippen LogP contribution < -0.4 is 11.1 Å². The van der Waals surface area contributed by atoms with Gasteiger partial charge in [0.2, 0.25) is 11.8 Å². The first-order valence-corrected chi connectivity index (χ1v) is 21.2. The minimum atomic E-state index is -0.779. The molecule has 6 aromatic rings. The van der Waals surface area contributed by atoms with E-state index in [0.29, 0.717) is 26.2 Å². The molecule has 9 rings (SSSR count). The molecule has 0 saturated carbocycles. The van der Waals surface area contributed by atoms with Crippen molar-refractivity contribution in [2.24, 2.45) is 5.73 Å². The van der Waals surface area contributed by atoms with Crippen molar-refractivity contribution < 1.29 is 14.4 Å². The number of aromatic amines is 2. The van der Waals surface area contributed by atoms with E-state index in [1.54, 1.807) is 4.90 Å². The summed E-state index contributed by atoms with van der Waals surface area (Å²) in [5.41, 5.74) is 13.4. The molecule has 0 radical (unpaired) electrons. The van der Waals surface area contributed by atoms with Gasteiger partial charge >= 0.3 is 6.03 Å². The lowest BCUT2D eigenvalue weighted by atomic mass is 10.0. The predicted octanol–water partition coefficient (Wildman–Crippen LogP) is 7.44. The van der Waals surface area contributed by atoms with Gasteiger partial charge in [-0.05, 0) is 85.0 Å². The number of aromatic nitrogens is 4. The van der Waals surface area contributed by atoms with Crippen LogP contribution in [0.3, 0.4) is 0 Å². The molecule has 308 valence electrons. The number of nitrogens with zero attached hydrogens (tertiary/aromatic N) is 5. The van der Waals surface area contributed by atoms with E-state index in [1.807, 2.05) is 131 Å². The summed E-state index contributed by atoms with van der Waals surface area (Å²) in [6.45, 7) is 2.66. The molecule has 0 spiro atoms. The summed E-state index contributed by atoms with van der Waals surface area (Å²) in [7, 11) is 0. The summed E-state index contributed by atoms with van der Waals surface area (Å²) in [4.78, 5) is 62.6. The van der Waals surface area contributed by atoms with Crippen molar-refractivity contribution in [3.63, 3.8) is 0 Å². The number of nitrogens with two attached hydrogens (primary N) is 1. The molecule has 0 aliphatic carbocycles. The molecule has 2 aromatic heterocycles. The lowest BCUT2D eigenvalue weighted by Crippen LogP contribution is -2.46. The summed E-state index contributed by atoms with van der Waals surface area (Å²) < 4.78 is 0. The molecule has 5 N–H and O–H groups in total. The number of likely N-dealkylation sites (tertiary alicyclic amines) is 3. The normalized spacial score (nSPS) is 18.4. The number of hydrogen-bond acceptors (Lipinski definition) is 6. The fourth-order valence-electron chi connectivity index (χ4n) is 8.76. The van der Waals surface area contributed by atoms with Gasteiger partial charge in [-0.25, -0.2) is 14.8 Å². The SMILES string of the molecule is N[C@@H](C(=O)N1CCC[C@H]1c1ncc(-c2ccc(C#Cc3ccc(-c4cnc([C@@H]5CCCN5C(=O)[C@H](NC(=O)N5CCCC5)c5ccccc5)[nH]4)cc3)cc2)[nH]1)c1ccccc1. The number of H-pyrrole nitrogens is 2. The third-order valence-corrected chi connectivity index (χ3v) is 12.1. The zero-order valence-electron chi connectivity index (χ0n) is 34.0. The number of imidazole rings is 2. The summed E-state index contributed by atoms with van der Waals surface area (Å²) in [6.07, 6.45) is 8.96. The lowest BCUT2D eigenvalue weighted by molar-refractivity contribution is -0.135. The standard InChI is InChI=1S/C49H49N9O3/c50-43(37-11-3-1-4-12-37)47(59)57-29-9-15-41(57)45-51-31-39(53-45)35-23-19-33(20-24-35)17-18-34-21-25-36(26-22-34)40-32-52-46(54-40)42-16-10-30-58(42)48(60)44(38-13-5-2-6-14-38)55-49(61)56-27-7-8-28-56/h1-6,11-14,19-26,31-32,41-44H,7-10,15-16,27-30,50H2,(H,51,53)(H,52,54)(H,55,61)/t41-,42-,43+,44+/m0/s1. The number of hydrogen-bond donors (Lipinski definition) is 4. The average molecular weight is 812 g/mol. The Labute approximate surface area is 355 Å². The Hall–Kier alpha value is -6.97. The number of urea groups is 1. The zero-order valence-corrected chi connectivity index (χ0v) is 34.0. The summed E-state index contributed by atoms with van der Waals surface area (Å²) in [6, 6.07) is 33.0. The highest BCUT2D eigenvalue weighted by molar-refractivity contribution is 5.89. The Morgan fingerprint density at radius 2 is 1.08 bits per heavy atom. The smallest absolute Gasteiger partial charge is 0.318 e. The van der Waals surface area contributed by atoms with Crippen LogP contribution in [-0.4, -0.2) is 78.7 Å². The second-order valence-corrected chi connectivity index (χ2v) is 16.0. The van der Waals surface area contributed by atoms with Crippen molar-refractivity contribution in [3.8, 4) is 34.4 Å². The van der Waals surface area contributed by atoms with Crippen LogP contribution in [0.2, 0.25) is 0 Å². The molecule has 4 atom stereocenters. The van der Waals surface area contributed by atoms with E-state index in [4.69, 9.17) is 10.7 Å². The first-order valence-electron chi connectivity index (χ1n) is 21.2. The maximum Gasteiger partial charge on any atom is 0.318 e. The Morgan fingerprint density at radius 1 is 0.607 bits per heavy atom. The Bertz CT molecular complexity index is 2530. The number of rotatable bonds is 9. The molecular formula is C49H49N9O3. The fraction of sp³-hybridized carbons (Fsp3) is 0.286. The lowest BCUT2D eigenvalue weighted by Gasteiger charge is -2.30. The minimum absolute atomic E-state index is 0.0878. The largest absolute Gasteiger partial charge is 0.340 e. The number of nitrogens with one attached hydrogen (secondary N) is 3. The van der Waals surface area contributed by atoms with Crippen LogP contribution in [0.1, 0.15) is 96.6 Å². The molecule has 5 heterocycles. The van der Waals surface area contributed by atoms with Gasteiger partial charge in [0.15, 0.2) is 0 Å². The van der Waals surface area contributed by atoms with Gasteiger partial charge < -0.3 is 35.7 Å². The highest BCUT2D eigenvalue weighted by Gasteiger charge is 2.38. The molecule has 3 aliphatic heterocycles. The van der Waals surface area contributed by atoms with E-state index in [0.717, 1.165) is 94.9 Å². The molecule has 3 fully saturated rings. The first kappa shape index (κ1) is 39.5. The van der Waals surface area contributed by atoms with E-state index < -0.39 is 12.1 Å². The minimum Gasteiger partial charge on any atom is -0.340 e. The fourth-order valence-corrected chi connectivity index (χ4v) is 8.76. The summed E-state index contributed by atoms with van der Waals surface area (Å²) >= 11 is 0. The molecule has 12 nitrogen and oxygen atoms in total. The van der Waals surface area contributed by atoms with Crippen molar-refractivity contribution in [1.82, 2.24) is 40.0 Å². The monoisotopic (exact) mass is 811 g/mol. The second kappa shape index (κ2) is 17.7. The Kier molecular flexibility index (Phi) is 11.5. The van der Waals surface area contributed by atoms with Crippen molar-refractivity contribution >= 4 is 17.8 Å². The van der Waals surface area contributed by atoms with E-state index >= 15 is 0 Å². The third-order valence-electron chi connectivity index (χ3n) is 12.1. The molecule has 3 aliphatic rings. The van der Waals surface area contributed by atoms with Gasteiger partial charge in [0.1, 0.15) is 23.7 Å². The number of amides is 4. The van der Waals surface area contributed by atoms with Gasteiger partial charge in [0.05, 0.1) is 35.9 Å². The summed E-state index contributed by atoms with van der Waals surface area (Å²) in [5.74, 6) is 7.84. The van der Waals surface area contributed by atoms with Crippen LogP contribution in [0.5, 0.6) is 0 Å². The van der Waals surface area contributed by atoms with E-state index in [2.05, 4.69) is 32.1 Å². The summed E-state index contributed by atoms with van der Waals surface area (Å²) in [5, 5.41) is 3.05. The molecule has 61 heavy (non-hydrogen) atoms. The molecule has 4 aromatic carbocycles. The topological polar surface area (TPSA) is 156 Å². The van der Waals surface area contributed by atoms with Crippen molar-refractivity contribution in [1.29, 1.82) is 0 Å². The molecule has 4 amide bonds. The molecule has 0 bridgehead atoms. The van der Waals surface area contributed by atoms with E-state index in [1.165, 1.54) is 0 Å². The van der Waals surface area contributed by atoms with Crippen LogP contribution >= 0.6 is 0 Å². The van der Waals surface area contributed by atoms with Crippen LogP contribution in [-0.2, 0) is 9.59 Å². The molecule has 3 saturated heterocycles. The molecular weight excluding hydrogens is 763 g/mol. The van der Waals surface area contributed by atoms with Gasteiger partial charge in [-0.1, -0.05) is 96.8 Å². The van der Waals surface area contributed by atoms with E-state index in [9.17, 15) is 14.4 Å². The van der Waals surface area contributed by atoms with Crippen LogP contribution in [0.25, 0.3) is 22.5 Å². The maximum absolute atomic E-state index is 14.2. The molecule has 0 unspecified atom stereocenters. The van der Waals surface area contributed by atoms with Crippen molar-refractivity contribution in [2.45, 2.75) is 62.7 Å². The Balaban J connectivity index is 0.829. The van der Waals surface area contributed by atoms with Crippen molar-refractivity contribution in [2.75, 3.05) is 26.2 Å². The van der Waals surface area contributed by atoms with Crippen LogP contribution in [0.4, 0.5) is 4.79 Å². The van der Waals surface area contributed by atoms with Crippen molar-refractivity contribution in [3.05, 3.63) is 155 Å². The average Bonchev–Trinajstić information content (AvgIpc) is 4.17. The van der Waals surface area contributed by atoms with Gasteiger partial charge in [-0.3, -0.25) is 9.59 Å². The Morgan fingerprint density at radius 3 is 1.59 bits per heavy atom. The molecule has 12 heteroatoms. The first-order chi connectivity index (χ1) is 29.9. The second-order valence-electron chi connectivity index (χ2n) is 16.0. The van der Waals surface area contributed by atoms with Gasteiger partial charge in [-0.2, -0.15) is 0 Å². The van der Waals surface area contributed by atoms with Gasteiger partial charge in [0, 0.05) is 37.3 Å². The van der Waals surface area contributed by atoms with E-state index in [-0.39, 0.29) is 29.9 Å². The quantitative estimate of drug-likeness (QED) is 0.111. The van der Waals surface area contributed by atoms with Gasteiger partial charge in [-0.15, -0.1) is 0 Å². The predicted molar refractivity (Wildman–Crippen MR) is 233 cm³/mol. The van der Waals surface area contributed by atoms with Crippen LogP contribution in [0.15, 0.2) is 122 Å². The van der Waals surface area contributed by atoms with Crippen LogP contribution in [0, 0.1) is 11.8 Å². The number of carbonyl (C=O) groups excluding carboxylic acids is 3. The highest BCUT2D eigenvalue weighted by Crippen LogP contribution is 2.35. The zero-order chi connectivity index (χ0) is 41.7. The van der Waals surface area contributed by atoms with Gasteiger partial charge in [0.25, 0.3) is 0 Å². The number of carbonyl (C=O) groups is 3. The third kappa shape index (κ3) is 8.56. The maximum atomic E-state index is 14.2. The number of benzene rings is 4. The highest BCUT2D eigenvalue weighted by atomic mass is 16.2.